The summed E-state index contributed by atoms with van der Waals surface area (Å²) in [6, 6.07) is -1.28. The van der Waals surface area contributed by atoms with Gasteiger partial charge in [0.2, 0.25) is 0 Å². The van der Waals surface area contributed by atoms with E-state index in [2.05, 4.69) is 0 Å². The maximum atomic E-state index is 12.2. The van der Waals surface area contributed by atoms with E-state index in [0.29, 0.717) is 12.8 Å². The van der Waals surface area contributed by atoms with Crippen LogP contribution in [0.25, 0.3) is 0 Å². The minimum Gasteiger partial charge on any atom is -0.461 e. The fourth-order valence-corrected chi connectivity index (χ4v) is 1.25. The van der Waals surface area contributed by atoms with Crippen molar-refractivity contribution in [3.8, 4) is 0 Å². The second-order valence-electron chi connectivity index (χ2n) is 4.49. The van der Waals surface area contributed by atoms with E-state index in [1.807, 2.05) is 0 Å². The Kier molecular flexibility index (Phi) is 6.86. The third-order valence-corrected chi connectivity index (χ3v) is 2.90. The van der Waals surface area contributed by atoms with Crippen LogP contribution >= 0.6 is 0 Å². The maximum Gasteiger partial charge on any atom is 0.471 e. The zero-order valence-electron chi connectivity index (χ0n) is 11.5. The van der Waals surface area contributed by atoms with Crippen molar-refractivity contribution in [1.29, 1.82) is 0 Å². The standard InChI is InChI=1S/C12H20F3NO3/c1-5-7(3)9(10(17)19-8(4)6-2)16-11(18)12(13,14)15/h7-9H,5-6H2,1-4H3,(H,16,18)/t7?,8?,9-/m0/s1. The first kappa shape index (κ1) is 17.7. The first-order valence-corrected chi connectivity index (χ1v) is 6.21. The molecular weight excluding hydrogens is 263 g/mol. The van der Waals surface area contributed by atoms with Gasteiger partial charge >= 0.3 is 18.1 Å². The van der Waals surface area contributed by atoms with Crippen molar-refractivity contribution < 1.29 is 27.5 Å². The predicted molar refractivity (Wildman–Crippen MR) is 63.3 cm³/mol. The van der Waals surface area contributed by atoms with Gasteiger partial charge in [-0.15, -0.1) is 0 Å². The van der Waals surface area contributed by atoms with Gasteiger partial charge in [-0.05, 0) is 19.3 Å². The molecule has 0 spiro atoms. The van der Waals surface area contributed by atoms with E-state index in [1.54, 1.807) is 33.0 Å². The van der Waals surface area contributed by atoms with Crippen LogP contribution in [0, 0.1) is 5.92 Å². The summed E-state index contributed by atoms with van der Waals surface area (Å²) in [4.78, 5) is 22.7. The molecule has 0 aromatic heterocycles. The van der Waals surface area contributed by atoms with Crippen molar-refractivity contribution in [2.45, 2.75) is 58.9 Å². The molecule has 4 nitrogen and oxygen atoms in total. The Morgan fingerprint density at radius 2 is 1.68 bits per heavy atom. The highest BCUT2D eigenvalue weighted by molar-refractivity contribution is 5.87. The van der Waals surface area contributed by atoms with Crippen LogP contribution < -0.4 is 5.32 Å². The van der Waals surface area contributed by atoms with Gasteiger partial charge in [0.05, 0.1) is 6.10 Å². The number of carbonyl (C=O) groups excluding carboxylic acids is 2. The van der Waals surface area contributed by atoms with Gasteiger partial charge in [-0.25, -0.2) is 4.79 Å². The third-order valence-electron chi connectivity index (χ3n) is 2.90. The van der Waals surface area contributed by atoms with Crippen LogP contribution in [0.3, 0.4) is 0 Å². The Bertz CT molecular complexity index is 318. The SMILES string of the molecule is CCC(C)OC(=O)[C@@H](NC(=O)C(F)(F)F)C(C)CC. The van der Waals surface area contributed by atoms with Crippen LogP contribution in [0.15, 0.2) is 0 Å². The summed E-state index contributed by atoms with van der Waals surface area (Å²) in [5, 5.41) is 1.70. The maximum absolute atomic E-state index is 12.2. The molecular formula is C12H20F3NO3. The molecule has 0 saturated carbocycles. The average Bonchev–Trinajstić information content (AvgIpc) is 2.32. The third kappa shape index (κ3) is 5.94. The number of esters is 1. The molecule has 0 aliphatic carbocycles. The molecule has 1 N–H and O–H groups in total. The summed E-state index contributed by atoms with van der Waals surface area (Å²) < 4.78 is 41.6. The lowest BCUT2D eigenvalue weighted by atomic mass is 9.99. The normalized spacial score (nSPS) is 16.4. The number of alkyl halides is 3. The Labute approximate surface area is 110 Å². The summed E-state index contributed by atoms with van der Waals surface area (Å²) in [5.74, 6) is -3.40. The van der Waals surface area contributed by atoms with Gasteiger partial charge in [-0.3, -0.25) is 4.79 Å². The lowest BCUT2D eigenvalue weighted by Gasteiger charge is -2.24. The number of rotatable bonds is 6. The van der Waals surface area contributed by atoms with Gasteiger partial charge in [-0.1, -0.05) is 27.2 Å². The van der Waals surface area contributed by atoms with Gasteiger partial charge in [0.15, 0.2) is 0 Å². The van der Waals surface area contributed by atoms with Gasteiger partial charge in [0, 0.05) is 0 Å². The van der Waals surface area contributed by atoms with E-state index in [1.165, 1.54) is 0 Å². The molecule has 0 aliphatic heterocycles. The zero-order valence-corrected chi connectivity index (χ0v) is 11.5. The van der Waals surface area contributed by atoms with E-state index >= 15 is 0 Å². The molecule has 0 aromatic rings. The van der Waals surface area contributed by atoms with Crippen molar-refractivity contribution in [3.63, 3.8) is 0 Å². The Morgan fingerprint density at radius 1 is 1.16 bits per heavy atom. The molecule has 112 valence electrons. The number of ether oxygens (including phenoxy) is 1. The quantitative estimate of drug-likeness (QED) is 0.762. The predicted octanol–water partition coefficient (Wildman–Crippen LogP) is 2.42. The number of nitrogens with one attached hydrogen (secondary N) is 1. The van der Waals surface area contributed by atoms with Crippen molar-refractivity contribution >= 4 is 11.9 Å². The second kappa shape index (κ2) is 7.35. The number of carbonyl (C=O) groups is 2. The Hall–Kier alpha value is -1.27. The molecule has 0 radical (unpaired) electrons. The lowest BCUT2D eigenvalue weighted by molar-refractivity contribution is -0.177. The minimum absolute atomic E-state index is 0.401. The van der Waals surface area contributed by atoms with Crippen molar-refractivity contribution in [2.24, 2.45) is 5.92 Å². The highest BCUT2D eigenvalue weighted by atomic mass is 19.4. The molecule has 0 aromatic carbocycles. The van der Waals surface area contributed by atoms with Gasteiger partial charge in [0.25, 0.3) is 0 Å². The largest absolute Gasteiger partial charge is 0.471 e. The fraction of sp³-hybridized carbons (Fsp3) is 0.833. The molecule has 2 unspecified atom stereocenters. The van der Waals surface area contributed by atoms with Crippen molar-refractivity contribution in [3.05, 3.63) is 0 Å². The zero-order chi connectivity index (χ0) is 15.2. The summed E-state index contributed by atoms with van der Waals surface area (Å²) in [6.45, 7) is 6.72. The smallest absolute Gasteiger partial charge is 0.461 e. The summed E-state index contributed by atoms with van der Waals surface area (Å²) in [6.07, 6.45) is -4.42. The van der Waals surface area contributed by atoms with Crippen LogP contribution in [0.1, 0.15) is 40.5 Å². The van der Waals surface area contributed by atoms with Crippen LogP contribution in [-0.4, -0.2) is 30.2 Å². The first-order chi connectivity index (χ1) is 8.63. The molecule has 0 bridgehead atoms. The number of hydrogen-bond acceptors (Lipinski definition) is 3. The van der Waals surface area contributed by atoms with E-state index in [9.17, 15) is 22.8 Å². The molecule has 0 heterocycles. The molecule has 3 atom stereocenters. The Balaban J connectivity index is 4.83. The molecule has 0 fully saturated rings. The van der Waals surface area contributed by atoms with Crippen LogP contribution in [0.2, 0.25) is 0 Å². The molecule has 19 heavy (non-hydrogen) atoms. The van der Waals surface area contributed by atoms with Crippen LogP contribution in [-0.2, 0) is 14.3 Å². The minimum atomic E-state index is -5.01. The topological polar surface area (TPSA) is 55.4 Å². The van der Waals surface area contributed by atoms with Gasteiger partial charge in [0.1, 0.15) is 6.04 Å². The molecule has 1 amide bonds. The number of amides is 1. The van der Waals surface area contributed by atoms with Gasteiger partial charge in [-0.2, -0.15) is 13.2 Å². The fourth-order valence-electron chi connectivity index (χ4n) is 1.25. The van der Waals surface area contributed by atoms with E-state index in [0.717, 1.165) is 0 Å². The summed E-state index contributed by atoms with van der Waals surface area (Å²) in [7, 11) is 0. The van der Waals surface area contributed by atoms with E-state index < -0.39 is 36.1 Å². The average molecular weight is 283 g/mol. The Morgan fingerprint density at radius 3 is 2.05 bits per heavy atom. The highest BCUT2D eigenvalue weighted by Crippen LogP contribution is 2.17. The molecule has 0 rings (SSSR count). The van der Waals surface area contributed by atoms with E-state index in [-0.39, 0.29) is 0 Å². The van der Waals surface area contributed by atoms with Gasteiger partial charge < -0.3 is 10.1 Å². The van der Waals surface area contributed by atoms with Crippen LogP contribution in [0.5, 0.6) is 0 Å². The molecule has 0 aliphatic rings. The molecule has 0 saturated heterocycles. The molecule has 7 heteroatoms. The number of hydrogen-bond donors (Lipinski definition) is 1. The van der Waals surface area contributed by atoms with Crippen molar-refractivity contribution in [1.82, 2.24) is 5.32 Å². The van der Waals surface area contributed by atoms with Crippen LogP contribution in [0.4, 0.5) is 13.2 Å². The number of halogens is 3. The summed E-state index contributed by atoms with van der Waals surface area (Å²) >= 11 is 0. The van der Waals surface area contributed by atoms with E-state index in [4.69, 9.17) is 4.74 Å². The van der Waals surface area contributed by atoms with Crippen molar-refractivity contribution in [2.75, 3.05) is 0 Å². The second-order valence-corrected chi connectivity index (χ2v) is 4.49. The first-order valence-electron chi connectivity index (χ1n) is 6.21. The monoisotopic (exact) mass is 283 g/mol. The highest BCUT2D eigenvalue weighted by Gasteiger charge is 2.42. The lowest BCUT2D eigenvalue weighted by Crippen LogP contribution is -2.50. The summed E-state index contributed by atoms with van der Waals surface area (Å²) in [5.41, 5.74) is 0.